The fourth-order valence-electron chi connectivity index (χ4n) is 2.60. The van der Waals surface area contributed by atoms with E-state index in [1.807, 2.05) is 0 Å². The van der Waals surface area contributed by atoms with Gasteiger partial charge in [0.1, 0.15) is 6.67 Å². The maximum atomic E-state index is 13.4. The Bertz CT molecular complexity index is 394. The molecule has 2 rings (SSSR count). The molecule has 0 aromatic heterocycles. The molecule has 1 aromatic carbocycles. The molecule has 0 aliphatic carbocycles. The van der Waals surface area contributed by atoms with Crippen LogP contribution < -0.4 is 5.32 Å². The molecular formula is C16H26ClFN2. The Morgan fingerprint density at radius 3 is 2.15 bits per heavy atom. The first-order valence-electron chi connectivity index (χ1n) is 7.13. The van der Waals surface area contributed by atoms with E-state index in [0.29, 0.717) is 0 Å². The number of piperazine rings is 1. The van der Waals surface area contributed by atoms with E-state index >= 15 is 0 Å². The third-order valence-electron chi connectivity index (χ3n) is 3.90. The van der Waals surface area contributed by atoms with Crippen molar-refractivity contribution in [1.29, 1.82) is 0 Å². The third kappa shape index (κ3) is 4.18. The van der Waals surface area contributed by atoms with Gasteiger partial charge >= 0.3 is 0 Å². The van der Waals surface area contributed by atoms with Gasteiger partial charge in [-0.25, -0.2) is 4.39 Å². The van der Waals surface area contributed by atoms with Crippen LogP contribution in [0.4, 0.5) is 4.39 Å². The molecule has 20 heavy (non-hydrogen) atoms. The molecule has 0 amide bonds. The lowest BCUT2D eigenvalue weighted by atomic mass is 9.86. The number of benzene rings is 1. The van der Waals surface area contributed by atoms with E-state index in [0.717, 1.165) is 31.7 Å². The zero-order valence-corrected chi connectivity index (χ0v) is 13.5. The van der Waals surface area contributed by atoms with E-state index in [-0.39, 0.29) is 30.5 Å². The van der Waals surface area contributed by atoms with Crippen LogP contribution in [0, 0.1) is 0 Å². The molecule has 0 bridgehead atoms. The minimum Gasteiger partial charge on any atom is -0.314 e. The van der Waals surface area contributed by atoms with Crippen molar-refractivity contribution in [2.75, 3.05) is 32.9 Å². The second kappa shape index (κ2) is 7.39. The lowest BCUT2D eigenvalue weighted by Gasteiger charge is -2.34. The normalized spacial score (nSPS) is 18.4. The molecule has 1 atom stereocenters. The van der Waals surface area contributed by atoms with Crippen LogP contribution in [-0.4, -0.2) is 37.8 Å². The van der Waals surface area contributed by atoms with Crippen molar-refractivity contribution < 1.29 is 4.39 Å². The van der Waals surface area contributed by atoms with Crippen molar-refractivity contribution >= 4 is 12.4 Å². The Labute approximate surface area is 128 Å². The van der Waals surface area contributed by atoms with E-state index in [9.17, 15) is 4.39 Å². The average Bonchev–Trinajstić information content (AvgIpc) is 2.40. The number of nitrogens with zero attached hydrogens (tertiary/aromatic N) is 1. The molecular weight excluding hydrogens is 275 g/mol. The summed E-state index contributed by atoms with van der Waals surface area (Å²) in [6.45, 7) is 10.0. The second-order valence-corrected chi connectivity index (χ2v) is 6.33. The van der Waals surface area contributed by atoms with Crippen molar-refractivity contribution in [1.82, 2.24) is 10.2 Å². The van der Waals surface area contributed by atoms with Crippen LogP contribution in [0.5, 0.6) is 0 Å². The van der Waals surface area contributed by atoms with Gasteiger partial charge in [-0.2, -0.15) is 0 Å². The standard InChI is InChI=1S/C16H25FN2.ClH/c1-16(2,3)14-6-4-13(5-7-14)15(12-17)19-10-8-18-9-11-19;/h4-7,15,18H,8-12H2,1-3H3;1H/t15-;/m1./s1. The van der Waals surface area contributed by atoms with Gasteiger partial charge in [-0.1, -0.05) is 45.0 Å². The first-order valence-corrected chi connectivity index (χ1v) is 7.13. The Morgan fingerprint density at radius 2 is 1.70 bits per heavy atom. The fraction of sp³-hybridized carbons (Fsp3) is 0.625. The minimum atomic E-state index is -0.311. The highest BCUT2D eigenvalue weighted by atomic mass is 35.5. The SMILES string of the molecule is CC(C)(C)c1ccc([C@@H](CF)N2CCNCC2)cc1.Cl. The van der Waals surface area contributed by atoms with Gasteiger partial charge in [0.15, 0.2) is 0 Å². The van der Waals surface area contributed by atoms with E-state index in [4.69, 9.17) is 0 Å². The van der Waals surface area contributed by atoms with Crippen LogP contribution in [0.25, 0.3) is 0 Å². The molecule has 4 heteroatoms. The molecule has 1 aliphatic heterocycles. The van der Waals surface area contributed by atoms with Crippen LogP contribution >= 0.6 is 12.4 Å². The van der Waals surface area contributed by atoms with Gasteiger partial charge in [-0.15, -0.1) is 12.4 Å². The van der Waals surface area contributed by atoms with Crippen LogP contribution in [0.15, 0.2) is 24.3 Å². The van der Waals surface area contributed by atoms with E-state index < -0.39 is 0 Å². The van der Waals surface area contributed by atoms with E-state index in [1.165, 1.54) is 5.56 Å². The number of hydrogen-bond acceptors (Lipinski definition) is 2. The maximum Gasteiger partial charge on any atom is 0.109 e. The molecule has 1 fully saturated rings. The highest BCUT2D eigenvalue weighted by Gasteiger charge is 2.22. The van der Waals surface area contributed by atoms with Gasteiger partial charge in [0.25, 0.3) is 0 Å². The van der Waals surface area contributed by atoms with Crippen molar-refractivity contribution in [2.45, 2.75) is 32.2 Å². The summed E-state index contributed by atoms with van der Waals surface area (Å²) in [5, 5.41) is 3.31. The van der Waals surface area contributed by atoms with Gasteiger partial charge in [0.2, 0.25) is 0 Å². The summed E-state index contributed by atoms with van der Waals surface area (Å²) in [7, 11) is 0. The Kier molecular flexibility index (Phi) is 6.44. The van der Waals surface area contributed by atoms with Crippen LogP contribution in [0.3, 0.4) is 0 Å². The fourth-order valence-corrected chi connectivity index (χ4v) is 2.60. The Balaban J connectivity index is 0.00000200. The zero-order chi connectivity index (χ0) is 13.9. The van der Waals surface area contributed by atoms with Gasteiger partial charge in [-0.3, -0.25) is 4.90 Å². The topological polar surface area (TPSA) is 15.3 Å². The zero-order valence-electron chi connectivity index (χ0n) is 12.7. The lowest BCUT2D eigenvalue weighted by molar-refractivity contribution is 0.147. The van der Waals surface area contributed by atoms with Gasteiger partial charge in [0.05, 0.1) is 6.04 Å². The van der Waals surface area contributed by atoms with E-state index in [2.05, 4.69) is 55.3 Å². The molecule has 1 aromatic rings. The summed E-state index contributed by atoms with van der Waals surface area (Å²) in [6.07, 6.45) is 0. The predicted molar refractivity (Wildman–Crippen MR) is 85.5 cm³/mol. The molecule has 0 saturated carbocycles. The molecule has 0 radical (unpaired) electrons. The number of halogens is 2. The first-order chi connectivity index (χ1) is 9.02. The summed E-state index contributed by atoms with van der Waals surface area (Å²) in [6, 6.07) is 8.37. The molecule has 1 heterocycles. The van der Waals surface area contributed by atoms with Gasteiger partial charge in [-0.05, 0) is 16.5 Å². The summed E-state index contributed by atoms with van der Waals surface area (Å²) in [5.41, 5.74) is 2.55. The molecule has 0 unspecified atom stereocenters. The highest BCUT2D eigenvalue weighted by Crippen LogP contribution is 2.26. The van der Waals surface area contributed by atoms with E-state index in [1.54, 1.807) is 0 Å². The van der Waals surface area contributed by atoms with Crippen LogP contribution in [-0.2, 0) is 5.41 Å². The van der Waals surface area contributed by atoms with Gasteiger partial charge < -0.3 is 5.32 Å². The largest absolute Gasteiger partial charge is 0.314 e. The van der Waals surface area contributed by atoms with Crippen LogP contribution in [0.2, 0.25) is 0 Å². The number of alkyl halides is 1. The number of rotatable bonds is 3. The quantitative estimate of drug-likeness (QED) is 0.921. The van der Waals surface area contributed by atoms with Crippen molar-refractivity contribution in [3.05, 3.63) is 35.4 Å². The monoisotopic (exact) mass is 300 g/mol. The number of nitrogens with one attached hydrogen (secondary N) is 1. The molecule has 2 nitrogen and oxygen atoms in total. The summed E-state index contributed by atoms with van der Waals surface area (Å²) < 4.78 is 13.4. The first kappa shape index (κ1) is 17.4. The molecule has 0 spiro atoms. The molecule has 1 saturated heterocycles. The smallest absolute Gasteiger partial charge is 0.109 e. The summed E-state index contributed by atoms with van der Waals surface area (Å²) in [5.74, 6) is 0. The minimum absolute atomic E-state index is 0. The lowest BCUT2D eigenvalue weighted by Crippen LogP contribution is -2.45. The third-order valence-corrected chi connectivity index (χ3v) is 3.90. The van der Waals surface area contributed by atoms with Gasteiger partial charge in [0, 0.05) is 26.2 Å². The Hall–Kier alpha value is -0.640. The van der Waals surface area contributed by atoms with Crippen molar-refractivity contribution in [3.63, 3.8) is 0 Å². The van der Waals surface area contributed by atoms with Crippen molar-refractivity contribution in [2.24, 2.45) is 0 Å². The molecule has 1 N–H and O–H groups in total. The Morgan fingerprint density at radius 1 is 1.15 bits per heavy atom. The average molecular weight is 301 g/mol. The summed E-state index contributed by atoms with van der Waals surface area (Å²) in [4.78, 5) is 2.24. The molecule has 1 aliphatic rings. The number of hydrogen-bond donors (Lipinski definition) is 1. The maximum absolute atomic E-state index is 13.4. The highest BCUT2D eigenvalue weighted by molar-refractivity contribution is 5.85. The predicted octanol–water partition coefficient (Wildman–Crippen LogP) is 3.32. The molecule has 114 valence electrons. The summed E-state index contributed by atoms with van der Waals surface area (Å²) >= 11 is 0. The van der Waals surface area contributed by atoms with Crippen LogP contribution in [0.1, 0.15) is 37.9 Å². The second-order valence-electron chi connectivity index (χ2n) is 6.33. The van der Waals surface area contributed by atoms with Crippen molar-refractivity contribution in [3.8, 4) is 0 Å².